The number of methoxy groups -OCH3 is 1. The molecule has 0 aromatic carbocycles. The molecule has 0 aliphatic heterocycles. The lowest BCUT2D eigenvalue weighted by Gasteiger charge is -2.10. The molecule has 1 rings (SSSR count). The minimum atomic E-state index is 0.674. The maximum atomic E-state index is 5.42. The van der Waals surface area contributed by atoms with E-state index in [-0.39, 0.29) is 0 Å². The summed E-state index contributed by atoms with van der Waals surface area (Å²) in [5.41, 5.74) is 3.47. The zero-order valence-corrected chi connectivity index (χ0v) is 13.1. The molecule has 4 heteroatoms. The number of aromatic nitrogens is 2. The smallest absolute Gasteiger partial charge is 0.218 e. The van der Waals surface area contributed by atoms with E-state index in [2.05, 4.69) is 37.3 Å². The monoisotopic (exact) mass is 265 g/mol. The normalized spacial score (nSPS) is 12.3. The number of ether oxygens (including phenoxy) is 1. The van der Waals surface area contributed by atoms with Gasteiger partial charge in [0, 0.05) is 13.6 Å². The molecule has 19 heavy (non-hydrogen) atoms. The average Bonchev–Trinajstić information content (AvgIpc) is 2.61. The summed E-state index contributed by atoms with van der Waals surface area (Å²) >= 11 is 0. The van der Waals surface area contributed by atoms with Crippen molar-refractivity contribution < 1.29 is 4.74 Å². The minimum absolute atomic E-state index is 0.674. The summed E-state index contributed by atoms with van der Waals surface area (Å²) in [6.45, 7) is 10.6. The fraction of sp³-hybridized carbons (Fsp3) is 0.667. The largest absolute Gasteiger partial charge is 0.481 e. The van der Waals surface area contributed by atoms with Gasteiger partial charge in [0.15, 0.2) is 0 Å². The molecule has 0 saturated heterocycles. The van der Waals surface area contributed by atoms with Crippen LogP contribution in [0.3, 0.4) is 0 Å². The molecular weight excluding hydrogens is 238 g/mol. The summed E-state index contributed by atoms with van der Waals surface area (Å²) in [7, 11) is 3.60. The SMILES string of the molecule is CCC(=Cc1c(C)nn(C)c1OC)CNCC(C)C. The molecule has 1 aromatic heterocycles. The third-order valence-corrected chi connectivity index (χ3v) is 3.11. The Kier molecular flexibility index (Phi) is 6.09. The van der Waals surface area contributed by atoms with Crippen molar-refractivity contribution >= 4 is 6.08 Å². The van der Waals surface area contributed by atoms with Crippen LogP contribution in [0.15, 0.2) is 5.57 Å². The van der Waals surface area contributed by atoms with Crippen LogP contribution in [0.2, 0.25) is 0 Å². The Balaban J connectivity index is 2.85. The van der Waals surface area contributed by atoms with E-state index in [1.54, 1.807) is 11.8 Å². The van der Waals surface area contributed by atoms with Gasteiger partial charge >= 0.3 is 0 Å². The van der Waals surface area contributed by atoms with Gasteiger partial charge in [-0.3, -0.25) is 0 Å². The lowest BCUT2D eigenvalue weighted by Crippen LogP contribution is -2.21. The highest BCUT2D eigenvalue weighted by atomic mass is 16.5. The Morgan fingerprint density at radius 1 is 1.47 bits per heavy atom. The van der Waals surface area contributed by atoms with Gasteiger partial charge in [-0.05, 0) is 31.9 Å². The van der Waals surface area contributed by atoms with Crippen LogP contribution in [0.1, 0.15) is 38.4 Å². The molecule has 0 bridgehead atoms. The first-order chi connectivity index (χ1) is 8.99. The molecule has 0 atom stereocenters. The van der Waals surface area contributed by atoms with Gasteiger partial charge in [-0.1, -0.05) is 26.3 Å². The summed E-state index contributed by atoms with van der Waals surface area (Å²) in [6, 6.07) is 0. The number of rotatable bonds is 7. The fourth-order valence-electron chi connectivity index (χ4n) is 2.07. The van der Waals surface area contributed by atoms with Gasteiger partial charge in [-0.2, -0.15) is 5.10 Å². The Hall–Kier alpha value is -1.29. The fourth-order valence-corrected chi connectivity index (χ4v) is 2.07. The zero-order valence-electron chi connectivity index (χ0n) is 13.1. The van der Waals surface area contributed by atoms with Gasteiger partial charge in [0.2, 0.25) is 5.88 Å². The van der Waals surface area contributed by atoms with Crippen LogP contribution in [0.5, 0.6) is 5.88 Å². The second-order valence-corrected chi connectivity index (χ2v) is 5.31. The Morgan fingerprint density at radius 2 is 2.16 bits per heavy atom. The van der Waals surface area contributed by atoms with Gasteiger partial charge in [0.25, 0.3) is 0 Å². The number of aryl methyl sites for hydroxylation is 2. The van der Waals surface area contributed by atoms with E-state index in [4.69, 9.17) is 4.74 Å². The van der Waals surface area contributed by atoms with Gasteiger partial charge in [0.05, 0.1) is 18.4 Å². The maximum absolute atomic E-state index is 5.42. The third-order valence-electron chi connectivity index (χ3n) is 3.11. The first-order valence-electron chi connectivity index (χ1n) is 6.97. The Bertz CT molecular complexity index is 433. The predicted molar refractivity (Wildman–Crippen MR) is 80.5 cm³/mol. The molecule has 108 valence electrons. The topological polar surface area (TPSA) is 39.1 Å². The number of hydrogen-bond donors (Lipinski definition) is 1. The quantitative estimate of drug-likeness (QED) is 0.824. The molecule has 0 aliphatic carbocycles. The summed E-state index contributed by atoms with van der Waals surface area (Å²) < 4.78 is 7.21. The van der Waals surface area contributed by atoms with Gasteiger partial charge in [-0.15, -0.1) is 0 Å². The van der Waals surface area contributed by atoms with E-state index in [0.29, 0.717) is 5.92 Å². The predicted octanol–water partition coefficient (Wildman–Crippen LogP) is 2.78. The molecule has 0 saturated carbocycles. The first kappa shape index (κ1) is 15.8. The first-order valence-corrected chi connectivity index (χ1v) is 6.97. The van der Waals surface area contributed by atoms with Crippen molar-refractivity contribution in [1.82, 2.24) is 15.1 Å². The van der Waals surface area contributed by atoms with Crippen LogP contribution in [0.4, 0.5) is 0 Å². The van der Waals surface area contributed by atoms with Crippen LogP contribution in [-0.2, 0) is 7.05 Å². The van der Waals surface area contributed by atoms with Crippen LogP contribution in [-0.4, -0.2) is 30.0 Å². The molecule has 0 unspecified atom stereocenters. The van der Waals surface area contributed by atoms with Gasteiger partial charge in [0.1, 0.15) is 0 Å². The zero-order chi connectivity index (χ0) is 14.4. The van der Waals surface area contributed by atoms with Crippen molar-refractivity contribution in [3.05, 3.63) is 16.8 Å². The molecule has 1 N–H and O–H groups in total. The molecule has 0 aliphatic rings. The van der Waals surface area contributed by atoms with E-state index in [0.717, 1.165) is 36.6 Å². The molecular formula is C15H27N3O. The summed E-state index contributed by atoms with van der Waals surface area (Å²) in [4.78, 5) is 0. The van der Waals surface area contributed by atoms with E-state index in [1.807, 2.05) is 14.0 Å². The minimum Gasteiger partial charge on any atom is -0.481 e. The third kappa shape index (κ3) is 4.39. The molecule has 0 amide bonds. The van der Waals surface area contributed by atoms with Crippen LogP contribution >= 0.6 is 0 Å². The van der Waals surface area contributed by atoms with Crippen molar-refractivity contribution in [2.45, 2.75) is 34.1 Å². The molecule has 0 radical (unpaired) electrons. The van der Waals surface area contributed by atoms with E-state index >= 15 is 0 Å². The van der Waals surface area contributed by atoms with Gasteiger partial charge < -0.3 is 10.1 Å². The maximum Gasteiger partial charge on any atom is 0.218 e. The average molecular weight is 265 g/mol. The highest BCUT2D eigenvalue weighted by Gasteiger charge is 2.12. The highest BCUT2D eigenvalue weighted by Crippen LogP contribution is 2.24. The van der Waals surface area contributed by atoms with Crippen molar-refractivity contribution in [2.75, 3.05) is 20.2 Å². The van der Waals surface area contributed by atoms with Crippen molar-refractivity contribution in [2.24, 2.45) is 13.0 Å². The van der Waals surface area contributed by atoms with Crippen LogP contribution < -0.4 is 10.1 Å². The molecule has 4 nitrogen and oxygen atoms in total. The lowest BCUT2D eigenvalue weighted by atomic mass is 10.1. The van der Waals surface area contributed by atoms with Crippen LogP contribution in [0.25, 0.3) is 6.08 Å². The summed E-state index contributed by atoms with van der Waals surface area (Å²) in [5.74, 6) is 1.50. The van der Waals surface area contributed by atoms with Crippen molar-refractivity contribution in [3.8, 4) is 5.88 Å². The summed E-state index contributed by atoms with van der Waals surface area (Å²) in [5, 5.41) is 7.89. The Labute approximate surface area is 116 Å². The second kappa shape index (κ2) is 7.34. The van der Waals surface area contributed by atoms with E-state index < -0.39 is 0 Å². The number of hydrogen-bond acceptors (Lipinski definition) is 3. The van der Waals surface area contributed by atoms with Gasteiger partial charge in [-0.25, -0.2) is 4.68 Å². The van der Waals surface area contributed by atoms with Crippen LogP contribution in [0, 0.1) is 12.8 Å². The van der Waals surface area contributed by atoms with E-state index in [9.17, 15) is 0 Å². The van der Waals surface area contributed by atoms with E-state index in [1.165, 1.54) is 5.57 Å². The molecule has 1 heterocycles. The summed E-state index contributed by atoms with van der Waals surface area (Å²) in [6.07, 6.45) is 3.23. The van der Waals surface area contributed by atoms with Crippen molar-refractivity contribution in [1.29, 1.82) is 0 Å². The molecule has 0 spiro atoms. The number of nitrogens with one attached hydrogen (secondary N) is 1. The molecule has 0 fully saturated rings. The standard InChI is InChI=1S/C15H27N3O/c1-7-13(10-16-9-11(2)3)8-14-12(4)17-18(5)15(14)19-6/h8,11,16H,7,9-10H2,1-6H3. The molecule has 1 aromatic rings. The second-order valence-electron chi connectivity index (χ2n) is 5.31. The Morgan fingerprint density at radius 3 is 2.68 bits per heavy atom. The lowest BCUT2D eigenvalue weighted by molar-refractivity contribution is 0.372. The number of nitrogens with zero attached hydrogens (tertiary/aromatic N) is 2. The highest BCUT2D eigenvalue weighted by molar-refractivity contribution is 5.60. The van der Waals surface area contributed by atoms with Crippen molar-refractivity contribution in [3.63, 3.8) is 0 Å².